The zero-order valence-electron chi connectivity index (χ0n) is 9.90. The number of rotatable bonds is 4. The molecule has 0 aliphatic heterocycles. The van der Waals surface area contributed by atoms with Crippen molar-refractivity contribution in [1.29, 1.82) is 0 Å². The molecule has 18 heavy (non-hydrogen) atoms. The predicted molar refractivity (Wildman–Crippen MR) is 74.9 cm³/mol. The fourth-order valence-electron chi connectivity index (χ4n) is 1.12. The summed E-state index contributed by atoms with van der Waals surface area (Å²) in [4.78, 5) is 22.6. The lowest BCUT2D eigenvalue weighted by atomic mass is 10.3. The molecular formula is C12H12INO4. The summed E-state index contributed by atoms with van der Waals surface area (Å²) in [6.45, 7) is 0. The minimum atomic E-state index is -0.640. The molecule has 0 saturated heterocycles. The quantitative estimate of drug-likeness (QED) is 0.505. The van der Waals surface area contributed by atoms with Crippen LogP contribution in [0.5, 0.6) is 0 Å². The van der Waals surface area contributed by atoms with Gasteiger partial charge in [0.2, 0.25) is 0 Å². The SMILES string of the molecule is COC(=O)/C=C(\Nc1ccc(I)cc1)C(=O)OC. The molecule has 0 saturated carbocycles. The third-order valence-electron chi connectivity index (χ3n) is 1.99. The lowest BCUT2D eigenvalue weighted by molar-refractivity contribution is -0.138. The number of esters is 2. The average molecular weight is 361 g/mol. The van der Waals surface area contributed by atoms with E-state index in [1.807, 2.05) is 12.1 Å². The van der Waals surface area contributed by atoms with Crippen LogP contribution < -0.4 is 5.32 Å². The van der Waals surface area contributed by atoms with Crippen LogP contribution >= 0.6 is 22.6 Å². The molecule has 0 bridgehead atoms. The van der Waals surface area contributed by atoms with Gasteiger partial charge in [0.15, 0.2) is 0 Å². The molecule has 1 aromatic rings. The first-order valence-corrected chi connectivity index (χ1v) is 6.05. The summed E-state index contributed by atoms with van der Waals surface area (Å²) in [5, 5.41) is 2.80. The largest absolute Gasteiger partial charge is 0.466 e. The van der Waals surface area contributed by atoms with Crippen LogP contribution in [0.4, 0.5) is 5.69 Å². The number of ether oxygens (including phenoxy) is 2. The van der Waals surface area contributed by atoms with Crippen LogP contribution in [0.3, 0.4) is 0 Å². The summed E-state index contributed by atoms with van der Waals surface area (Å²) in [6.07, 6.45) is 1.05. The van der Waals surface area contributed by atoms with Crippen LogP contribution in [-0.2, 0) is 19.1 Å². The Morgan fingerprint density at radius 1 is 1.17 bits per heavy atom. The number of nitrogens with one attached hydrogen (secondary N) is 1. The zero-order chi connectivity index (χ0) is 13.5. The van der Waals surface area contributed by atoms with Crippen molar-refractivity contribution in [2.45, 2.75) is 0 Å². The van der Waals surface area contributed by atoms with Crippen LogP contribution in [0.1, 0.15) is 0 Å². The van der Waals surface area contributed by atoms with E-state index in [-0.39, 0.29) is 5.70 Å². The van der Waals surface area contributed by atoms with E-state index in [0.717, 1.165) is 9.65 Å². The highest BCUT2D eigenvalue weighted by molar-refractivity contribution is 14.1. The number of benzene rings is 1. The van der Waals surface area contributed by atoms with Gasteiger partial charge in [0.25, 0.3) is 0 Å². The van der Waals surface area contributed by atoms with Crippen molar-refractivity contribution in [1.82, 2.24) is 0 Å². The summed E-state index contributed by atoms with van der Waals surface area (Å²) in [6, 6.07) is 7.32. The minimum Gasteiger partial charge on any atom is -0.466 e. The van der Waals surface area contributed by atoms with E-state index in [0.29, 0.717) is 5.69 Å². The van der Waals surface area contributed by atoms with Gasteiger partial charge in [-0.1, -0.05) is 0 Å². The van der Waals surface area contributed by atoms with Gasteiger partial charge in [-0.25, -0.2) is 9.59 Å². The third-order valence-corrected chi connectivity index (χ3v) is 2.71. The van der Waals surface area contributed by atoms with E-state index in [9.17, 15) is 9.59 Å². The van der Waals surface area contributed by atoms with Crippen molar-refractivity contribution >= 4 is 40.2 Å². The van der Waals surface area contributed by atoms with Crippen molar-refractivity contribution in [2.75, 3.05) is 19.5 Å². The molecule has 1 aromatic carbocycles. The molecule has 0 aliphatic carbocycles. The molecular weight excluding hydrogens is 349 g/mol. The number of anilines is 1. The number of carbonyl (C=O) groups is 2. The topological polar surface area (TPSA) is 64.6 Å². The summed E-state index contributed by atoms with van der Waals surface area (Å²) in [5.74, 6) is -1.27. The van der Waals surface area contributed by atoms with Crippen LogP contribution in [0.15, 0.2) is 36.0 Å². The highest BCUT2D eigenvalue weighted by Gasteiger charge is 2.12. The van der Waals surface area contributed by atoms with Crippen LogP contribution in [0.2, 0.25) is 0 Å². The number of hydrogen-bond donors (Lipinski definition) is 1. The van der Waals surface area contributed by atoms with E-state index in [1.54, 1.807) is 12.1 Å². The molecule has 0 atom stereocenters. The maximum Gasteiger partial charge on any atom is 0.354 e. The molecule has 96 valence electrons. The van der Waals surface area contributed by atoms with Gasteiger partial charge in [-0.2, -0.15) is 0 Å². The smallest absolute Gasteiger partial charge is 0.354 e. The molecule has 0 radical (unpaired) electrons. The van der Waals surface area contributed by atoms with Gasteiger partial charge in [-0.15, -0.1) is 0 Å². The zero-order valence-corrected chi connectivity index (χ0v) is 12.1. The summed E-state index contributed by atoms with van der Waals surface area (Å²) in [7, 11) is 2.47. The average Bonchev–Trinajstić information content (AvgIpc) is 2.39. The van der Waals surface area contributed by atoms with Gasteiger partial charge < -0.3 is 14.8 Å². The van der Waals surface area contributed by atoms with Crippen molar-refractivity contribution in [3.8, 4) is 0 Å². The molecule has 1 rings (SSSR count). The Morgan fingerprint density at radius 2 is 1.78 bits per heavy atom. The number of methoxy groups -OCH3 is 2. The summed E-state index contributed by atoms with van der Waals surface area (Å²) < 4.78 is 10.1. The minimum absolute atomic E-state index is 0.0190. The highest BCUT2D eigenvalue weighted by Crippen LogP contribution is 2.14. The Hall–Kier alpha value is -1.57. The van der Waals surface area contributed by atoms with Gasteiger partial charge in [-0.05, 0) is 46.9 Å². The molecule has 0 heterocycles. The number of hydrogen-bond acceptors (Lipinski definition) is 5. The molecule has 1 N–H and O–H groups in total. The first kappa shape index (κ1) is 14.5. The van der Waals surface area contributed by atoms with Gasteiger partial charge >= 0.3 is 11.9 Å². The van der Waals surface area contributed by atoms with Crippen molar-refractivity contribution in [3.63, 3.8) is 0 Å². The standard InChI is InChI=1S/C12H12INO4/c1-17-11(15)7-10(12(16)18-2)14-9-5-3-8(13)4-6-9/h3-7,14H,1-2H3/b10-7-. The van der Waals surface area contributed by atoms with Gasteiger partial charge in [-0.3, -0.25) is 0 Å². The Morgan fingerprint density at radius 3 is 2.28 bits per heavy atom. The second-order valence-electron chi connectivity index (χ2n) is 3.20. The molecule has 0 aromatic heterocycles. The lowest BCUT2D eigenvalue weighted by Gasteiger charge is -2.08. The predicted octanol–water partition coefficient (Wildman–Crippen LogP) is 1.93. The van der Waals surface area contributed by atoms with E-state index in [2.05, 4.69) is 37.4 Å². The highest BCUT2D eigenvalue weighted by atomic mass is 127. The van der Waals surface area contributed by atoms with Crippen LogP contribution in [-0.4, -0.2) is 26.2 Å². The maximum absolute atomic E-state index is 11.5. The van der Waals surface area contributed by atoms with Gasteiger partial charge in [0.05, 0.1) is 20.3 Å². The molecule has 0 amide bonds. The first-order valence-electron chi connectivity index (χ1n) is 4.97. The lowest BCUT2D eigenvalue weighted by Crippen LogP contribution is -2.15. The van der Waals surface area contributed by atoms with Crippen molar-refractivity contribution in [2.24, 2.45) is 0 Å². The Balaban J connectivity index is 2.91. The Bertz CT molecular complexity index is 467. The Kier molecular flexibility index (Phi) is 5.63. The van der Waals surface area contributed by atoms with E-state index in [4.69, 9.17) is 0 Å². The van der Waals surface area contributed by atoms with Gasteiger partial charge in [0.1, 0.15) is 5.70 Å². The molecule has 0 unspecified atom stereocenters. The number of carbonyl (C=O) groups excluding carboxylic acids is 2. The third kappa shape index (κ3) is 4.36. The first-order chi connectivity index (χ1) is 8.56. The fourth-order valence-corrected chi connectivity index (χ4v) is 1.48. The number of halogens is 1. The van der Waals surface area contributed by atoms with E-state index >= 15 is 0 Å². The second-order valence-corrected chi connectivity index (χ2v) is 4.45. The molecule has 0 fully saturated rings. The van der Waals surface area contributed by atoms with Gasteiger partial charge in [0, 0.05) is 9.26 Å². The van der Waals surface area contributed by atoms with E-state index < -0.39 is 11.9 Å². The summed E-state index contributed by atoms with van der Waals surface area (Å²) in [5.41, 5.74) is 0.696. The monoisotopic (exact) mass is 361 g/mol. The van der Waals surface area contributed by atoms with E-state index in [1.165, 1.54) is 14.2 Å². The summed E-state index contributed by atoms with van der Waals surface area (Å²) >= 11 is 2.17. The van der Waals surface area contributed by atoms with Crippen molar-refractivity contribution < 1.29 is 19.1 Å². The Labute approximate surface area is 118 Å². The fraction of sp³-hybridized carbons (Fsp3) is 0.167. The molecule has 6 heteroatoms. The van der Waals surface area contributed by atoms with Crippen LogP contribution in [0.25, 0.3) is 0 Å². The maximum atomic E-state index is 11.5. The van der Waals surface area contributed by atoms with Crippen molar-refractivity contribution in [3.05, 3.63) is 39.6 Å². The van der Waals surface area contributed by atoms with Crippen LogP contribution in [0, 0.1) is 3.57 Å². The second kappa shape index (κ2) is 7.00. The normalized spacial score (nSPS) is 10.7. The molecule has 0 spiro atoms. The molecule has 0 aliphatic rings. The molecule has 5 nitrogen and oxygen atoms in total.